The second kappa shape index (κ2) is 3.85. The molecule has 0 aromatic carbocycles. The van der Waals surface area contributed by atoms with Gasteiger partial charge in [0, 0.05) is 0 Å². The van der Waals surface area contributed by atoms with Gasteiger partial charge in [-0.1, -0.05) is 0 Å². The number of hydrogen-bond acceptors (Lipinski definition) is 0. The Morgan fingerprint density at radius 2 is 0.600 bits per heavy atom. The van der Waals surface area contributed by atoms with Crippen molar-refractivity contribution < 1.29 is 0 Å². The molecule has 6 aliphatic carbocycles. The van der Waals surface area contributed by atoms with Gasteiger partial charge in [0.1, 0.15) is 0 Å². The molecule has 0 N–H and O–H groups in total. The van der Waals surface area contributed by atoms with Crippen molar-refractivity contribution in [2.45, 2.75) is 64.2 Å². The van der Waals surface area contributed by atoms with Crippen LogP contribution in [0.1, 0.15) is 64.2 Å². The van der Waals surface area contributed by atoms with Crippen LogP contribution in [0.25, 0.3) is 0 Å². The maximum atomic E-state index is 1.64. The predicted octanol–water partition coefficient (Wildman–Crippen LogP) is 5.13. The second-order valence-electron chi connectivity index (χ2n) is 9.56. The van der Waals surface area contributed by atoms with Crippen molar-refractivity contribution in [3.8, 4) is 0 Å². The zero-order chi connectivity index (χ0) is 12.8. The van der Waals surface area contributed by atoms with Crippen molar-refractivity contribution >= 4 is 0 Å². The summed E-state index contributed by atoms with van der Waals surface area (Å²) < 4.78 is 0. The standard InChI is InChI=1S/C20H30/c1-3-13-5-6-14-4-2-12-8-10-16-15-9-7-11(1)17(15)19(13)20(14)18(12)16/h11-20H,1-10H2. The van der Waals surface area contributed by atoms with Gasteiger partial charge in [-0.15, -0.1) is 0 Å². The highest BCUT2D eigenvalue weighted by molar-refractivity contribution is 5.12. The molecule has 6 rings (SSSR count). The van der Waals surface area contributed by atoms with Crippen LogP contribution in [0.3, 0.4) is 0 Å². The summed E-state index contributed by atoms with van der Waals surface area (Å²) in [5.74, 6) is 12.0. The van der Waals surface area contributed by atoms with E-state index in [1.165, 1.54) is 59.2 Å². The molecule has 10 unspecified atom stereocenters. The zero-order valence-corrected chi connectivity index (χ0v) is 12.8. The fourth-order valence-electron chi connectivity index (χ4n) is 9.27. The Morgan fingerprint density at radius 3 is 1.00 bits per heavy atom. The number of fused-ring (bicyclic) bond motifs is 1. The molecule has 0 bridgehead atoms. The minimum Gasteiger partial charge on any atom is -0.0499 e. The van der Waals surface area contributed by atoms with Crippen LogP contribution >= 0.6 is 0 Å². The highest BCUT2D eigenvalue weighted by atomic mass is 14.7. The lowest BCUT2D eigenvalue weighted by Gasteiger charge is -2.62. The summed E-state index contributed by atoms with van der Waals surface area (Å²) in [5, 5.41) is 0. The molecule has 0 spiro atoms. The molecule has 110 valence electrons. The van der Waals surface area contributed by atoms with Crippen LogP contribution in [0.4, 0.5) is 0 Å². The van der Waals surface area contributed by atoms with Crippen LogP contribution < -0.4 is 0 Å². The van der Waals surface area contributed by atoms with Crippen molar-refractivity contribution in [3.05, 3.63) is 0 Å². The molecule has 0 amide bonds. The lowest BCUT2D eigenvalue weighted by atomic mass is 9.43. The molecule has 6 fully saturated rings. The highest BCUT2D eigenvalue weighted by Crippen LogP contribution is 2.71. The summed E-state index contributed by atoms with van der Waals surface area (Å²) in [6, 6.07) is 0. The van der Waals surface area contributed by atoms with Gasteiger partial charge < -0.3 is 0 Å². The maximum Gasteiger partial charge on any atom is -0.0318 e. The Labute approximate surface area is 124 Å². The fraction of sp³-hybridized carbons (Fsp3) is 1.00. The molecule has 0 aromatic heterocycles. The second-order valence-corrected chi connectivity index (χ2v) is 9.56. The van der Waals surface area contributed by atoms with Gasteiger partial charge in [0.05, 0.1) is 0 Å². The van der Waals surface area contributed by atoms with Gasteiger partial charge in [-0.05, 0) is 123 Å². The topological polar surface area (TPSA) is 0 Å². The Bertz CT molecular complexity index is 386. The van der Waals surface area contributed by atoms with Crippen molar-refractivity contribution in [1.82, 2.24) is 0 Å². The first kappa shape index (κ1) is 11.6. The number of rotatable bonds is 0. The average Bonchev–Trinajstić information content (AvgIpc) is 3.09. The largest absolute Gasteiger partial charge is 0.0499 e. The van der Waals surface area contributed by atoms with Crippen molar-refractivity contribution in [2.75, 3.05) is 0 Å². The Morgan fingerprint density at radius 1 is 0.300 bits per heavy atom. The third kappa shape index (κ3) is 1.23. The van der Waals surface area contributed by atoms with Gasteiger partial charge in [-0.3, -0.25) is 0 Å². The summed E-state index contributed by atoms with van der Waals surface area (Å²) in [7, 11) is 0. The van der Waals surface area contributed by atoms with Gasteiger partial charge in [-0.25, -0.2) is 0 Å². The van der Waals surface area contributed by atoms with E-state index in [-0.39, 0.29) is 0 Å². The third-order valence-corrected chi connectivity index (χ3v) is 9.52. The molecule has 0 heterocycles. The van der Waals surface area contributed by atoms with E-state index in [2.05, 4.69) is 0 Å². The molecule has 0 saturated heterocycles. The summed E-state index contributed by atoms with van der Waals surface area (Å²) >= 11 is 0. The third-order valence-electron chi connectivity index (χ3n) is 9.52. The van der Waals surface area contributed by atoms with Crippen molar-refractivity contribution in [2.24, 2.45) is 59.2 Å². The summed E-state index contributed by atoms with van der Waals surface area (Å²) in [6.07, 6.45) is 16.3. The van der Waals surface area contributed by atoms with E-state index in [0.29, 0.717) is 0 Å². The number of hydrogen-bond donors (Lipinski definition) is 0. The average molecular weight is 270 g/mol. The van der Waals surface area contributed by atoms with E-state index < -0.39 is 0 Å². The lowest BCUT2D eigenvalue weighted by Crippen LogP contribution is -2.56. The first-order valence-electron chi connectivity index (χ1n) is 9.92. The highest BCUT2D eigenvalue weighted by Gasteiger charge is 2.64. The van der Waals surface area contributed by atoms with Crippen LogP contribution in [0.5, 0.6) is 0 Å². The molecule has 0 heteroatoms. The van der Waals surface area contributed by atoms with Crippen LogP contribution in [-0.2, 0) is 0 Å². The van der Waals surface area contributed by atoms with Gasteiger partial charge >= 0.3 is 0 Å². The van der Waals surface area contributed by atoms with Crippen molar-refractivity contribution in [3.63, 3.8) is 0 Å². The zero-order valence-electron chi connectivity index (χ0n) is 12.8. The van der Waals surface area contributed by atoms with Crippen LogP contribution in [0.2, 0.25) is 0 Å². The first-order valence-corrected chi connectivity index (χ1v) is 9.92. The van der Waals surface area contributed by atoms with E-state index >= 15 is 0 Å². The predicted molar refractivity (Wildman–Crippen MR) is 81.1 cm³/mol. The lowest BCUT2D eigenvalue weighted by molar-refractivity contribution is -0.134. The van der Waals surface area contributed by atoms with Crippen molar-refractivity contribution in [1.29, 1.82) is 0 Å². The normalized spacial score (nSPS) is 66.0. The van der Waals surface area contributed by atoms with Gasteiger partial charge in [-0.2, -0.15) is 0 Å². The van der Waals surface area contributed by atoms with E-state index in [9.17, 15) is 0 Å². The van der Waals surface area contributed by atoms with Gasteiger partial charge in [0.15, 0.2) is 0 Å². The Balaban J connectivity index is 1.50. The van der Waals surface area contributed by atoms with Crippen LogP contribution in [-0.4, -0.2) is 0 Å². The van der Waals surface area contributed by atoms with Gasteiger partial charge in [0.25, 0.3) is 0 Å². The minimum absolute atomic E-state index is 1.18. The smallest absolute Gasteiger partial charge is 0.0318 e. The van der Waals surface area contributed by atoms with E-state index in [1.807, 2.05) is 0 Å². The molecule has 6 aliphatic rings. The molecule has 0 aromatic rings. The molecule has 20 heavy (non-hydrogen) atoms. The molecule has 10 atom stereocenters. The maximum absolute atomic E-state index is 1.64. The molecule has 6 saturated carbocycles. The van der Waals surface area contributed by atoms with E-state index in [4.69, 9.17) is 0 Å². The summed E-state index contributed by atoms with van der Waals surface area (Å²) in [5.41, 5.74) is 0. The minimum atomic E-state index is 1.18. The quantitative estimate of drug-likeness (QED) is 0.572. The van der Waals surface area contributed by atoms with E-state index in [0.717, 1.165) is 0 Å². The molecule has 0 nitrogen and oxygen atoms in total. The molecular weight excluding hydrogens is 240 g/mol. The summed E-state index contributed by atoms with van der Waals surface area (Å²) in [4.78, 5) is 0. The Hall–Kier alpha value is 0. The monoisotopic (exact) mass is 270 g/mol. The SMILES string of the molecule is C1CC2CCC3CCC4CCC5C6CCC1C6C2C3C45. The summed E-state index contributed by atoms with van der Waals surface area (Å²) in [6.45, 7) is 0. The fourth-order valence-corrected chi connectivity index (χ4v) is 9.27. The molecule has 0 radical (unpaired) electrons. The molecule has 0 aliphatic heterocycles. The van der Waals surface area contributed by atoms with Crippen LogP contribution in [0, 0.1) is 59.2 Å². The van der Waals surface area contributed by atoms with Gasteiger partial charge in [0.2, 0.25) is 0 Å². The van der Waals surface area contributed by atoms with Crippen LogP contribution in [0.15, 0.2) is 0 Å². The van der Waals surface area contributed by atoms with E-state index in [1.54, 1.807) is 64.2 Å². The Kier molecular flexibility index (Phi) is 2.22. The first-order chi connectivity index (χ1) is 9.92. The molecular formula is C20H30.